The standard InChI is InChI=1S/C5H12NO/c1-5(2,3)7-6-4/h6H,4H2,1-3H3. The van der Waals surface area contributed by atoms with Crippen molar-refractivity contribution in [2.75, 3.05) is 0 Å². The lowest BCUT2D eigenvalue weighted by molar-refractivity contribution is -0.0536. The Hall–Kier alpha value is -0.0800. The molecule has 0 unspecified atom stereocenters. The highest BCUT2D eigenvalue weighted by Gasteiger charge is 2.07. The number of rotatable bonds is 1. The van der Waals surface area contributed by atoms with Crippen LogP contribution in [0.25, 0.3) is 0 Å². The molecule has 2 nitrogen and oxygen atoms in total. The predicted octanol–water partition coefficient (Wildman–Crippen LogP) is 1.10. The van der Waals surface area contributed by atoms with Crippen molar-refractivity contribution in [1.29, 1.82) is 0 Å². The predicted molar refractivity (Wildman–Crippen MR) is 29.3 cm³/mol. The van der Waals surface area contributed by atoms with Crippen molar-refractivity contribution >= 4 is 0 Å². The minimum Gasteiger partial charge on any atom is -0.296 e. The maximum Gasteiger partial charge on any atom is 0.0812 e. The summed E-state index contributed by atoms with van der Waals surface area (Å²) in [5, 5.41) is 0. The van der Waals surface area contributed by atoms with Crippen LogP contribution in [0.4, 0.5) is 0 Å². The van der Waals surface area contributed by atoms with E-state index in [1.54, 1.807) is 0 Å². The molecule has 7 heavy (non-hydrogen) atoms. The van der Waals surface area contributed by atoms with E-state index in [9.17, 15) is 0 Å². The molecule has 0 aliphatic heterocycles. The fraction of sp³-hybridized carbons (Fsp3) is 0.800. The highest BCUT2D eigenvalue weighted by Crippen LogP contribution is 2.02. The van der Waals surface area contributed by atoms with E-state index in [1.165, 1.54) is 0 Å². The van der Waals surface area contributed by atoms with Gasteiger partial charge in [-0.1, -0.05) is 0 Å². The van der Waals surface area contributed by atoms with Gasteiger partial charge in [-0.05, 0) is 20.8 Å². The summed E-state index contributed by atoms with van der Waals surface area (Å²) in [5.41, 5.74) is 2.23. The molecular weight excluding hydrogens is 90.1 g/mol. The third-order valence-corrected chi connectivity index (χ3v) is 0.378. The summed E-state index contributed by atoms with van der Waals surface area (Å²) in [6.45, 7) is 5.85. The summed E-state index contributed by atoms with van der Waals surface area (Å²) in [4.78, 5) is 4.87. The molecule has 0 rings (SSSR count). The van der Waals surface area contributed by atoms with Crippen molar-refractivity contribution in [3.63, 3.8) is 0 Å². The van der Waals surface area contributed by atoms with E-state index in [1.807, 2.05) is 20.8 Å². The first-order chi connectivity index (χ1) is 3.06. The van der Waals surface area contributed by atoms with Crippen LogP contribution in [0.3, 0.4) is 0 Å². The molecule has 0 saturated carbocycles. The smallest absolute Gasteiger partial charge is 0.0812 e. The van der Waals surface area contributed by atoms with Crippen LogP contribution in [0.2, 0.25) is 0 Å². The van der Waals surface area contributed by atoms with Gasteiger partial charge in [-0.25, -0.2) is 5.48 Å². The zero-order chi connectivity index (χ0) is 5.91. The van der Waals surface area contributed by atoms with Crippen molar-refractivity contribution in [3.8, 4) is 0 Å². The summed E-state index contributed by atoms with van der Waals surface area (Å²) < 4.78 is 0. The van der Waals surface area contributed by atoms with Gasteiger partial charge >= 0.3 is 0 Å². The summed E-state index contributed by atoms with van der Waals surface area (Å²) >= 11 is 0. The number of hydroxylamine groups is 1. The molecule has 0 bridgehead atoms. The Morgan fingerprint density at radius 2 is 1.86 bits per heavy atom. The summed E-state index contributed by atoms with van der Waals surface area (Å²) in [6.07, 6.45) is 0. The van der Waals surface area contributed by atoms with Gasteiger partial charge in [0.1, 0.15) is 0 Å². The topological polar surface area (TPSA) is 21.3 Å². The quantitative estimate of drug-likeness (QED) is 0.500. The number of hydrogen-bond acceptors (Lipinski definition) is 2. The van der Waals surface area contributed by atoms with Gasteiger partial charge < -0.3 is 0 Å². The average molecular weight is 102 g/mol. The van der Waals surface area contributed by atoms with E-state index >= 15 is 0 Å². The normalized spacial score (nSPS) is 12.0. The van der Waals surface area contributed by atoms with Gasteiger partial charge in [0.05, 0.1) is 5.60 Å². The zero-order valence-electron chi connectivity index (χ0n) is 5.12. The van der Waals surface area contributed by atoms with Gasteiger partial charge in [-0.15, -0.1) is 0 Å². The largest absolute Gasteiger partial charge is 0.296 e. The second kappa shape index (κ2) is 2.28. The Labute approximate surface area is 44.8 Å². The molecule has 1 radical (unpaired) electrons. The SMILES string of the molecule is [CH2]NOC(C)(C)C. The van der Waals surface area contributed by atoms with Crippen molar-refractivity contribution in [2.45, 2.75) is 26.4 Å². The maximum atomic E-state index is 4.87. The van der Waals surface area contributed by atoms with E-state index in [2.05, 4.69) is 12.5 Å². The number of hydrogen-bond donors (Lipinski definition) is 1. The van der Waals surface area contributed by atoms with Crippen LogP contribution in [0, 0.1) is 7.05 Å². The molecule has 0 spiro atoms. The third-order valence-electron chi connectivity index (χ3n) is 0.378. The van der Waals surface area contributed by atoms with E-state index in [0.717, 1.165) is 0 Å². The Balaban J connectivity index is 3.15. The lowest BCUT2D eigenvalue weighted by atomic mass is 10.2. The van der Waals surface area contributed by atoms with E-state index in [-0.39, 0.29) is 5.60 Å². The number of nitrogens with one attached hydrogen (secondary N) is 1. The molecule has 0 aromatic carbocycles. The Kier molecular flexibility index (Phi) is 2.26. The van der Waals surface area contributed by atoms with Gasteiger partial charge in [0.15, 0.2) is 0 Å². The molecule has 1 N–H and O–H groups in total. The molecular formula is C5H12NO. The van der Waals surface area contributed by atoms with Gasteiger partial charge in [0, 0.05) is 7.05 Å². The van der Waals surface area contributed by atoms with Crippen molar-refractivity contribution < 1.29 is 4.84 Å². The van der Waals surface area contributed by atoms with Crippen molar-refractivity contribution in [1.82, 2.24) is 5.48 Å². The molecule has 0 aromatic rings. The molecule has 0 heterocycles. The molecule has 0 amide bonds. The molecule has 0 atom stereocenters. The maximum absolute atomic E-state index is 4.87. The van der Waals surface area contributed by atoms with Crippen LogP contribution in [-0.4, -0.2) is 5.60 Å². The van der Waals surface area contributed by atoms with Crippen LogP contribution >= 0.6 is 0 Å². The average Bonchev–Trinajstić information content (AvgIpc) is 1.30. The fourth-order valence-corrected chi connectivity index (χ4v) is 0.217. The molecule has 0 saturated heterocycles. The third kappa shape index (κ3) is 5.92. The first-order valence-electron chi connectivity index (χ1n) is 2.26. The first kappa shape index (κ1) is 6.92. The van der Waals surface area contributed by atoms with Gasteiger partial charge in [-0.3, -0.25) is 4.84 Å². The van der Waals surface area contributed by atoms with Crippen LogP contribution in [0.5, 0.6) is 0 Å². The zero-order valence-corrected chi connectivity index (χ0v) is 5.12. The lowest BCUT2D eigenvalue weighted by Gasteiger charge is -2.16. The Bertz CT molecular complexity index is 46.5. The van der Waals surface area contributed by atoms with Crippen molar-refractivity contribution in [2.24, 2.45) is 0 Å². The summed E-state index contributed by atoms with van der Waals surface area (Å²) in [7, 11) is 3.30. The Morgan fingerprint density at radius 1 is 1.43 bits per heavy atom. The molecule has 0 aliphatic rings. The van der Waals surface area contributed by atoms with Crippen LogP contribution in [0.1, 0.15) is 20.8 Å². The van der Waals surface area contributed by atoms with E-state index in [0.29, 0.717) is 0 Å². The van der Waals surface area contributed by atoms with Crippen LogP contribution in [-0.2, 0) is 4.84 Å². The monoisotopic (exact) mass is 102 g/mol. The highest BCUT2D eigenvalue weighted by atomic mass is 16.7. The minimum absolute atomic E-state index is 0.123. The molecule has 0 fully saturated rings. The molecule has 0 aliphatic carbocycles. The van der Waals surface area contributed by atoms with Gasteiger partial charge in [0.2, 0.25) is 0 Å². The second-order valence-electron chi connectivity index (χ2n) is 2.36. The summed E-state index contributed by atoms with van der Waals surface area (Å²) in [6, 6.07) is 0. The van der Waals surface area contributed by atoms with E-state index < -0.39 is 0 Å². The molecule has 43 valence electrons. The Morgan fingerprint density at radius 3 is 1.86 bits per heavy atom. The fourth-order valence-electron chi connectivity index (χ4n) is 0.217. The van der Waals surface area contributed by atoms with E-state index in [4.69, 9.17) is 4.84 Å². The van der Waals surface area contributed by atoms with Gasteiger partial charge in [0.25, 0.3) is 0 Å². The highest BCUT2D eigenvalue weighted by molar-refractivity contribution is 4.55. The van der Waals surface area contributed by atoms with Crippen LogP contribution < -0.4 is 5.48 Å². The van der Waals surface area contributed by atoms with Crippen LogP contribution in [0.15, 0.2) is 0 Å². The molecule has 0 aromatic heterocycles. The molecule has 2 heteroatoms. The minimum atomic E-state index is -0.123. The van der Waals surface area contributed by atoms with Gasteiger partial charge in [-0.2, -0.15) is 0 Å². The van der Waals surface area contributed by atoms with Crippen molar-refractivity contribution in [3.05, 3.63) is 7.05 Å². The first-order valence-corrected chi connectivity index (χ1v) is 2.26. The summed E-state index contributed by atoms with van der Waals surface area (Å²) in [5.74, 6) is 0. The second-order valence-corrected chi connectivity index (χ2v) is 2.36. The lowest BCUT2D eigenvalue weighted by Crippen LogP contribution is -2.24.